The highest BCUT2D eigenvalue weighted by Crippen LogP contribution is 2.27. The van der Waals surface area contributed by atoms with Crippen molar-refractivity contribution in [3.63, 3.8) is 0 Å². The average Bonchev–Trinajstić information content (AvgIpc) is 3.12. The second kappa shape index (κ2) is 12.1. The first kappa shape index (κ1) is 26.2. The number of carbonyl (C=O) groups excluding carboxylic acids is 1. The van der Waals surface area contributed by atoms with E-state index in [0.717, 1.165) is 18.7 Å². The van der Waals surface area contributed by atoms with Gasteiger partial charge in [-0.25, -0.2) is 9.97 Å². The number of aromatic nitrogens is 2. The van der Waals surface area contributed by atoms with Crippen LogP contribution < -0.4 is 16.0 Å². The highest BCUT2D eigenvalue weighted by atomic mass is 127. The van der Waals surface area contributed by atoms with Crippen molar-refractivity contribution in [2.24, 2.45) is 10.9 Å². The number of hydrogen-bond donors (Lipinski definition) is 3. The fourth-order valence-corrected chi connectivity index (χ4v) is 2.89. The molecule has 1 aromatic rings. The zero-order valence-electron chi connectivity index (χ0n) is 17.3. The van der Waals surface area contributed by atoms with E-state index >= 15 is 0 Å². The Bertz CT molecular complexity index is 715. The number of nitrogens with one attached hydrogen (secondary N) is 3. The fourth-order valence-electron chi connectivity index (χ4n) is 2.89. The maximum absolute atomic E-state index is 12.7. The number of guanidine groups is 1. The summed E-state index contributed by atoms with van der Waals surface area (Å²) in [4.78, 5) is 25.6. The van der Waals surface area contributed by atoms with Gasteiger partial charge in [-0.2, -0.15) is 13.2 Å². The first-order valence-corrected chi connectivity index (χ1v) is 9.68. The third-order valence-corrected chi connectivity index (χ3v) is 4.29. The van der Waals surface area contributed by atoms with Gasteiger partial charge in [-0.3, -0.25) is 9.79 Å². The fraction of sp³-hybridized carbons (Fsp3) is 0.667. The summed E-state index contributed by atoms with van der Waals surface area (Å²) in [6.45, 7) is 8.30. The number of halogens is 4. The Morgan fingerprint density at radius 1 is 1.40 bits per heavy atom. The van der Waals surface area contributed by atoms with Gasteiger partial charge in [0.2, 0.25) is 11.9 Å². The van der Waals surface area contributed by atoms with Gasteiger partial charge in [0.25, 0.3) is 0 Å². The molecular weight excluding hydrogens is 514 g/mol. The number of carbonyl (C=O) groups is 1. The van der Waals surface area contributed by atoms with Crippen LogP contribution in [0.1, 0.15) is 32.9 Å². The predicted molar refractivity (Wildman–Crippen MR) is 120 cm³/mol. The summed E-state index contributed by atoms with van der Waals surface area (Å²) in [6.07, 6.45) is -2.61. The first-order valence-electron chi connectivity index (χ1n) is 9.68. The molecule has 1 atom stereocenters. The third kappa shape index (κ3) is 8.11. The molecule has 170 valence electrons. The Morgan fingerprint density at radius 3 is 2.77 bits per heavy atom. The van der Waals surface area contributed by atoms with E-state index in [1.807, 2.05) is 25.7 Å². The molecule has 2 rings (SSSR count). The van der Waals surface area contributed by atoms with E-state index in [0.29, 0.717) is 32.1 Å². The summed E-state index contributed by atoms with van der Waals surface area (Å²) in [5, 5.41) is 9.18. The molecule has 0 spiro atoms. The van der Waals surface area contributed by atoms with Crippen molar-refractivity contribution in [3.05, 3.63) is 18.0 Å². The number of rotatable bonds is 7. The smallest absolute Gasteiger partial charge is 0.357 e. The van der Waals surface area contributed by atoms with Crippen molar-refractivity contribution in [1.29, 1.82) is 0 Å². The molecule has 0 aliphatic carbocycles. The second-order valence-electron chi connectivity index (χ2n) is 7.02. The number of alkyl halides is 3. The maximum atomic E-state index is 12.7. The van der Waals surface area contributed by atoms with E-state index in [1.165, 1.54) is 0 Å². The summed E-state index contributed by atoms with van der Waals surface area (Å²) < 4.78 is 38.0. The molecule has 1 amide bonds. The molecule has 3 N–H and O–H groups in total. The molecule has 1 aliphatic heterocycles. The van der Waals surface area contributed by atoms with Crippen LogP contribution in [0.25, 0.3) is 0 Å². The summed E-state index contributed by atoms with van der Waals surface area (Å²) in [6, 6.07) is 0.932. The lowest BCUT2D eigenvalue weighted by atomic mass is 10.2. The van der Waals surface area contributed by atoms with Crippen molar-refractivity contribution < 1.29 is 18.0 Å². The van der Waals surface area contributed by atoms with Crippen molar-refractivity contribution in [1.82, 2.24) is 25.5 Å². The first-order chi connectivity index (χ1) is 13.7. The van der Waals surface area contributed by atoms with Crippen molar-refractivity contribution in [2.45, 2.75) is 39.4 Å². The normalized spacial score (nSPS) is 17.0. The SMILES string of the molecule is CCNC(=NCCNc1nccc(C(F)(F)F)n1)NC1CCN(C(=O)C(C)C)C1.I. The Kier molecular flexibility index (Phi) is 10.6. The van der Waals surface area contributed by atoms with Crippen LogP contribution in [0, 0.1) is 5.92 Å². The average molecular weight is 543 g/mol. The molecule has 30 heavy (non-hydrogen) atoms. The Labute approximate surface area is 191 Å². The van der Waals surface area contributed by atoms with Crippen LogP contribution >= 0.6 is 24.0 Å². The highest BCUT2D eigenvalue weighted by Gasteiger charge is 2.32. The van der Waals surface area contributed by atoms with Gasteiger partial charge in [0.15, 0.2) is 5.96 Å². The van der Waals surface area contributed by atoms with Gasteiger partial charge in [0.1, 0.15) is 5.69 Å². The minimum absolute atomic E-state index is 0. The molecule has 1 aromatic heterocycles. The van der Waals surface area contributed by atoms with Crippen LogP contribution in [0.3, 0.4) is 0 Å². The second-order valence-corrected chi connectivity index (χ2v) is 7.02. The minimum atomic E-state index is -4.51. The van der Waals surface area contributed by atoms with Crippen LogP contribution in [0.2, 0.25) is 0 Å². The van der Waals surface area contributed by atoms with Crippen molar-refractivity contribution in [2.75, 3.05) is 38.0 Å². The Balaban J connectivity index is 0.00000450. The quantitative estimate of drug-likeness (QED) is 0.212. The van der Waals surface area contributed by atoms with Crippen molar-refractivity contribution in [3.8, 4) is 0 Å². The highest BCUT2D eigenvalue weighted by molar-refractivity contribution is 14.0. The maximum Gasteiger partial charge on any atom is 0.433 e. The molecule has 12 heteroatoms. The standard InChI is InChI=1S/C18H28F3N7O.HI/c1-4-22-16(26-13-6-10-28(11-13)15(29)12(2)3)24-8-9-25-17-23-7-5-14(27-17)18(19,20)21;/h5,7,12-13H,4,6,8-11H2,1-3H3,(H2,22,24,26)(H,23,25,27);1H. The van der Waals surface area contributed by atoms with Gasteiger partial charge >= 0.3 is 6.18 Å². The van der Waals surface area contributed by atoms with Crippen LogP contribution in [0.5, 0.6) is 0 Å². The van der Waals surface area contributed by atoms with E-state index in [4.69, 9.17) is 0 Å². The number of amides is 1. The molecule has 0 saturated carbocycles. The van der Waals surface area contributed by atoms with Gasteiger partial charge in [-0.15, -0.1) is 24.0 Å². The van der Waals surface area contributed by atoms with E-state index in [9.17, 15) is 18.0 Å². The lowest BCUT2D eigenvalue weighted by Gasteiger charge is -2.20. The zero-order valence-corrected chi connectivity index (χ0v) is 19.6. The molecule has 0 aromatic carbocycles. The largest absolute Gasteiger partial charge is 0.433 e. The zero-order chi connectivity index (χ0) is 21.4. The number of anilines is 1. The molecule has 8 nitrogen and oxygen atoms in total. The van der Waals surface area contributed by atoms with E-state index in [-0.39, 0.29) is 54.3 Å². The van der Waals surface area contributed by atoms with E-state index < -0.39 is 11.9 Å². The van der Waals surface area contributed by atoms with Gasteiger partial charge in [0.05, 0.1) is 6.54 Å². The van der Waals surface area contributed by atoms with Gasteiger partial charge in [-0.05, 0) is 19.4 Å². The van der Waals surface area contributed by atoms with E-state index in [1.54, 1.807) is 0 Å². The lowest BCUT2D eigenvalue weighted by molar-refractivity contribution is -0.141. The summed E-state index contributed by atoms with van der Waals surface area (Å²) in [5.74, 6) is 0.621. The lowest BCUT2D eigenvalue weighted by Crippen LogP contribution is -2.45. The van der Waals surface area contributed by atoms with Gasteiger partial charge in [-0.1, -0.05) is 13.8 Å². The number of hydrogen-bond acceptors (Lipinski definition) is 5. The minimum Gasteiger partial charge on any atom is -0.357 e. The molecule has 1 saturated heterocycles. The molecule has 0 bridgehead atoms. The molecule has 1 aliphatic rings. The number of likely N-dealkylation sites (tertiary alicyclic amines) is 1. The third-order valence-electron chi connectivity index (χ3n) is 4.29. The molecule has 2 heterocycles. The summed E-state index contributed by atoms with van der Waals surface area (Å²) in [7, 11) is 0. The molecule has 0 radical (unpaired) electrons. The number of aliphatic imine (C=N–C) groups is 1. The van der Waals surface area contributed by atoms with Crippen LogP contribution in [0.15, 0.2) is 17.3 Å². The number of nitrogens with zero attached hydrogens (tertiary/aromatic N) is 4. The van der Waals surface area contributed by atoms with Crippen LogP contribution in [0.4, 0.5) is 19.1 Å². The molecule has 1 fully saturated rings. The Hall–Kier alpha value is -1.86. The van der Waals surface area contributed by atoms with Crippen molar-refractivity contribution >= 4 is 41.8 Å². The summed E-state index contributed by atoms with van der Waals surface area (Å²) >= 11 is 0. The predicted octanol–water partition coefficient (Wildman–Crippen LogP) is 2.34. The molecule has 1 unspecified atom stereocenters. The monoisotopic (exact) mass is 543 g/mol. The van der Waals surface area contributed by atoms with Crippen LogP contribution in [-0.2, 0) is 11.0 Å². The van der Waals surface area contributed by atoms with Gasteiger partial charge in [0, 0.05) is 44.3 Å². The van der Waals surface area contributed by atoms with Gasteiger partial charge < -0.3 is 20.9 Å². The summed E-state index contributed by atoms with van der Waals surface area (Å²) in [5.41, 5.74) is -0.991. The Morgan fingerprint density at radius 2 is 2.13 bits per heavy atom. The van der Waals surface area contributed by atoms with E-state index in [2.05, 4.69) is 30.9 Å². The molecular formula is C18H29F3IN7O. The topological polar surface area (TPSA) is 94.5 Å². The van der Waals surface area contributed by atoms with Crippen LogP contribution in [-0.4, -0.2) is 65.5 Å².